The fourth-order valence-electron chi connectivity index (χ4n) is 2.86. The van der Waals surface area contributed by atoms with Crippen LogP contribution in [0.5, 0.6) is 0 Å². The first kappa shape index (κ1) is 16.2. The summed E-state index contributed by atoms with van der Waals surface area (Å²) in [5.74, 6) is 0. The Morgan fingerprint density at radius 2 is 2.10 bits per heavy atom. The van der Waals surface area contributed by atoms with Gasteiger partial charge in [-0.05, 0) is 44.0 Å². The van der Waals surface area contributed by atoms with Gasteiger partial charge in [-0.1, -0.05) is 48.2 Å². The molecule has 0 saturated heterocycles. The Bertz CT molecular complexity index is 452. The Morgan fingerprint density at radius 3 is 2.85 bits per heavy atom. The molecule has 1 N–H and O–H groups in total. The third-order valence-corrected chi connectivity index (χ3v) is 6.24. The summed E-state index contributed by atoms with van der Waals surface area (Å²) in [7, 11) is -0.917. The predicted octanol–water partition coefficient (Wildman–Crippen LogP) is 4.26. The molecule has 3 unspecified atom stereocenters. The smallest absolute Gasteiger partial charge is 0.0577 e. The zero-order valence-corrected chi connectivity index (χ0v) is 14.5. The first-order chi connectivity index (χ1) is 9.72. The third kappa shape index (κ3) is 4.40. The lowest BCUT2D eigenvalue weighted by atomic mass is 10.1. The molecule has 1 aliphatic rings. The molecule has 2 rings (SSSR count). The molecule has 0 aliphatic heterocycles. The molecule has 3 atom stereocenters. The van der Waals surface area contributed by atoms with Crippen molar-refractivity contribution in [3.63, 3.8) is 0 Å². The van der Waals surface area contributed by atoms with Crippen molar-refractivity contribution in [3.8, 4) is 0 Å². The van der Waals surface area contributed by atoms with E-state index in [1.54, 1.807) is 0 Å². The van der Waals surface area contributed by atoms with E-state index >= 15 is 0 Å². The largest absolute Gasteiger partial charge is 0.313 e. The van der Waals surface area contributed by atoms with Crippen LogP contribution in [0.25, 0.3) is 0 Å². The second-order valence-corrected chi connectivity index (χ2v) is 8.08. The Kier molecular flexibility index (Phi) is 6.72. The minimum atomic E-state index is -0.917. The van der Waals surface area contributed by atoms with Gasteiger partial charge >= 0.3 is 0 Å². The standard InChI is InChI=1S/C16H24BrNOS/c1-2-11-18-15-9-4-3-5-10-16(15)20(19)14-8-6-7-13(17)12-14/h6-8,12,15-16,18H,2-5,9-11H2,1H3. The lowest BCUT2D eigenvalue weighted by Crippen LogP contribution is -2.41. The Balaban J connectivity index is 2.14. The first-order valence-electron chi connectivity index (χ1n) is 7.62. The molecule has 1 aromatic rings. The lowest BCUT2D eigenvalue weighted by Gasteiger charge is -2.25. The molecule has 4 heteroatoms. The molecule has 1 aromatic carbocycles. The number of halogens is 1. The topological polar surface area (TPSA) is 29.1 Å². The Labute approximate surface area is 133 Å². The fourth-order valence-corrected chi connectivity index (χ4v) is 5.13. The van der Waals surface area contributed by atoms with Gasteiger partial charge in [0.15, 0.2) is 0 Å². The summed E-state index contributed by atoms with van der Waals surface area (Å²) in [5.41, 5.74) is 0. The molecule has 1 aliphatic carbocycles. The van der Waals surface area contributed by atoms with E-state index in [0.717, 1.165) is 35.2 Å². The lowest BCUT2D eigenvalue weighted by molar-refractivity contribution is 0.463. The summed E-state index contributed by atoms with van der Waals surface area (Å²) in [6.45, 7) is 3.21. The van der Waals surface area contributed by atoms with Crippen LogP contribution in [0.1, 0.15) is 45.4 Å². The number of hydrogen-bond acceptors (Lipinski definition) is 2. The first-order valence-corrected chi connectivity index (χ1v) is 9.62. The fraction of sp³-hybridized carbons (Fsp3) is 0.625. The molecule has 0 heterocycles. The van der Waals surface area contributed by atoms with Gasteiger partial charge in [0.2, 0.25) is 0 Å². The minimum Gasteiger partial charge on any atom is -0.313 e. The molecule has 2 nitrogen and oxygen atoms in total. The summed E-state index contributed by atoms with van der Waals surface area (Å²) in [4.78, 5) is 0.953. The average Bonchev–Trinajstić information content (AvgIpc) is 2.69. The number of benzene rings is 1. The summed E-state index contributed by atoms with van der Waals surface area (Å²) < 4.78 is 13.9. The van der Waals surface area contributed by atoms with Crippen LogP contribution in [0.15, 0.2) is 33.6 Å². The summed E-state index contributed by atoms with van der Waals surface area (Å²) in [6, 6.07) is 8.35. The maximum absolute atomic E-state index is 12.9. The highest BCUT2D eigenvalue weighted by Gasteiger charge is 2.28. The Hall–Kier alpha value is -0.190. The van der Waals surface area contributed by atoms with Crippen LogP contribution < -0.4 is 5.32 Å². The molecule has 0 bridgehead atoms. The molecule has 20 heavy (non-hydrogen) atoms. The normalized spacial score (nSPS) is 25.1. The van der Waals surface area contributed by atoms with E-state index < -0.39 is 10.8 Å². The molecule has 0 aromatic heterocycles. The second kappa shape index (κ2) is 8.30. The molecular formula is C16H24BrNOS. The van der Waals surface area contributed by atoms with E-state index in [9.17, 15) is 4.21 Å². The van der Waals surface area contributed by atoms with Crippen molar-refractivity contribution in [3.05, 3.63) is 28.7 Å². The SMILES string of the molecule is CCCNC1CCCCCC1S(=O)c1cccc(Br)c1. The van der Waals surface area contributed by atoms with Gasteiger partial charge in [-0.25, -0.2) is 0 Å². The number of rotatable bonds is 5. The second-order valence-electron chi connectivity index (χ2n) is 5.49. The Morgan fingerprint density at radius 1 is 1.30 bits per heavy atom. The quantitative estimate of drug-likeness (QED) is 0.797. The van der Waals surface area contributed by atoms with Crippen molar-refractivity contribution in [2.75, 3.05) is 6.54 Å². The van der Waals surface area contributed by atoms with Gasteiger partial charge in [0.05, 0.1) is 16.0 Å². The molecule has 112 valence electrons. The zero-order valence-electron chi connectivity index (χ0n) is 12.1. The van der Waals surface area contributed by atoms with Crippen LogP contribution in [-0.2, 0) is 10.8 Å². The van der Waals surface area contributed by atoms with Crippen molar-refractivity contribution in [1.82, 2.24) is 5.32 Å². The van der Waals surface area contributed by atoms with Crippen molar-refractivity contribution < 1.29 is 4.21 Å². The van der Waals surface area contributed by atoms with Gasteiger partial charge in [-0.15, -0.1) is 0 Å². The molecule has 0 amide bonds. The van der Waals surface area contributed by atoms with E-state index in [2.05, 4.69) is 28.2 Å². The maximum atomic E-state index is 12.9. The summed E-state index contributed by atoms with van der Waals surface area (Å²) in [6.07, 6.45) is 7.09. The van der Waals surface area contributed by atoms with E-state index in [4.69, 9.17) is 0 Å². The third-order valence-electron chi connectivity index (χ3n) is 3.91. The van der Waals surface area contributed by atoms with Crippen LogP contribution in [-0.4, -0.2) is 22.0 Å². The van der Waals surface area contributed by atoms with Crippen molar-refractivity contribution in [2.24, 2.45) is 0 Å². The molecular weight excluding hydrogens is 334 g/mol. The van der Waals surface area contributed by atoms with Crippen LogP contribution in [0.2, 0.25) is 0 Å². The number of nitrogens with one attached hydrogen (secondary N) is 1. The molecule has 0 radical (unpaired) electrons. The van der Waals surface area contributed by atoms with E-state index in [-0.39, 0.29) is 5.25 Å². The molecule has 1 fully saturated rings. The average molecular weight is 358 g/mol. The van der Waals surface area contributed by atoms with E-state index in [1.807, 2.05) is 24.3 Å². The summed E-state index contributed by atoms with van der Waals surface area (Å²) >= 11 is 3.48. The van der Waals surface area contributed by atoms with Gasteiger partial charge < -0.3 is 5.32 Å². The number of hydrogen-bond donors (Lipinski definition) is 1. The van der Waals surface area contributed by atoms with Gasteiger partial charge in [0, 0.05) is 15.4 Å². The van der Waals surface area contributed by atoms with Crippen LogP contribution in [0, 0.1) is 0 Å². The van der Waals surface area contributed by atoms with Crippen LogP contribution in [0.3, 0.4) is 0 Å². The van der Waals surface area contributed by atoms with E-state index in [1.165, 1.54) is 19.3 Å². The monoisotopic (exact) mass is 357 g/mol. The highest BCUT2D eigenvalue weighted by atomic mass is 79.9. The van der Waals surface area contributed by atoms with Crippen molar-refractivity contribution in [2.45, 2.75) is 61.6 Å². The maximum Gasteiger partial charge on any atom is 0.0577 e. The van der Waals surface area contributed by atoms with Crippen LogP contribution >= 0.6 is 15.9 Å². The van der Waals surface area contributed by atoms with Crippen LogP contribution in [0.4, 0.5) is 0 Å². The predicted molar refractivity (Wildman–Crippen MR) is 89.5 cm³/mol. The van der Waals surface area contributed by atoms with Gasteiger partial charge in [0.1, 0.15) is 0 Å². The highest BCUT2D eigenvalue weighted by Crippen LogP contribution is 2.27. The zero-order chi connectivity index (χ0) is 14.4. The van der Waals surface area contributed by atoms with Gasteiger partial charge in [-0.2, -0.15) is 0 Å². The van der Waals surface area contributed by atoms with Gasteiger partial charge in [-0.3, -0.25) is 4.21 Å². The minimum absolute atomic E-state index is 0.248. The van der Waals surface area contributed by atoms with Crippen molar-refractivity contribution in [1.29, 1.82) is 0 Å². The molecule has 1 saturated carbocycles. The summed E-state index contributed by atoms with van der Waals surface area (Å²) in [5, 5.41) is 3.87. The van der Waals surface area contributed by atoms with Gasteiger partial charge in [0.25, 0.3) is 0 Å². The highest BCUT2D eigenvalue weighted by molar-refractivity contribution is 9.10. The van der Waals surface area contributed by atoms with Crippen molar-refractivity contribution >= 4 is 26.7 Å². The van der Waals surface area contributed by atoms with E-state index in [0.29, 0.717) is 6.04 Å². The molecule has 0 spiro atoms.